The number of aliphatic hydroxyl groups is 1. The molecule has 0 amide bonds. The van der Waals surface area contributed by atoms with Gasteiger partial charge in [0.2, 0.25) is 0 Å². The van der Waals surface area contributed by atoms with Crippen molar-refractivity contribution >= 4 is 0 Å². The van der Waals surface area contributed by atoms with Gasteiger partial charge in [0.25, 0.3) is 0 Å². The third-order valence-electron chi connectivity index (χ3n) is 3.45. The normalized spacial score (nSPS) is 34.9. The van der Waals surface area contributed by atoms with E-state index in [4.69, 9.17) is 4.74 Å². The first-order valence-corrected chi connectivity index (χ1v) is 5.78. The lowest BCUT2D eigenvalue weighted by Gasteiger charge is -2.30. The molecule has 0 radical (unpaired) electrons. The highest BCUT2D eigenvalue weighted by molar-refractivity contribution is 5.06. The third-order valence-corrected chi connectivity index (χ3v) is 3.45. The Labute approximate surface area is 86.0 Å². The summed E-state index contributed by atoms with van der Waals surface area (Å²) in [6, 6.07) is 0. The fourth-order valence-electron chi connectivity index (χ4n) is 2.64. The maximum Gasteiger partial charge on any atom is 0.121 e. The fraction of sp³-hybridized carbons (Fsp3) is 0.833. The van der Waals surface area contributed by atoms with E-state index in [1.54, 1.807) is 0 Å². The van der Waals surface area contributed by atoms with Crippen molar-refractivity contribution < 1.29 is 9.84 Å². The van der Waals surface area contributed by atoms with Crippen molar-refractivity contribution in [2.24, 2.45) is 11.8 Å². The molecule has 80 valence electrons. The van der Waals surface area contributed by atoms with Crippen molar-refractivity contribution in [2.45, 2.75) is 45.1 Å². The molecule has 0 bridgehead atoms. The van der Waals surface area contributed by atoms with Gasteiger partial charge in [-0.1, -0.05) is 19.8 Å². The van der Waals surface area contributed by atoms with Crippen LogP contribution in [0.1, 0.15) is 39.0 Å². The van der Waals surface area contributed by atoms with E-state index in [-0.39, 0.29) is 6.10 Å². The van der Waals surface area contributed by atoms with Crippen LogP contribution in [0.5, 0.6) is 0 Å². The minimum atomic E-state index is -0.333. The number of ether oxygens (including phenoxy) is 1. The van der Waals surface area contributed by atoms with E-state index in [2.05, 4.69) is 6.92 Å². The minimum absolute atomic E-state index is 0.333. The molecule has 1 aliphatic heterocycles. The second-order valence-corrected chi connectivity index (χ2v) is 4.72. The largest absolute Gasteiger partial charge is 0.495 e. The van der Waals surface area contributed by atoms with Gasteiger partial charge in [0.05, 0.1) is 6.61 Å². The molecule has 2 rings (SSSR count). The van der Waals surface area contributed by atoms with Crippen LogP contribution in [-0.2, 0) is 4.74 Å². The molecular formula is C12H20O2. The summed E-state index contributed by atoms with van der Waals surface area (Å²) in [5, 5.41) is 10.1. The zero-order valence-corrected chi connectivity index (χ0v) is 8.91. The summed E-state index contributed by atoms with van der Waals surface area (Å²) >= 11 is 0. The van der Waals surface area contributed by atoms with Gasteiger partial charge >= 0.3 is 0 Å². The molecule has 0 spiro atoms. The molecule has 2 heteroatoms. The topological polar surface area (TPSA) is 29.5 Å². The first kappa shape index (κ1) is 10.0. The summed E-state index contributed by atoms with van der Waals surface area (Å²) in [5.74, 6) is 2.04. The van der Waals surface area contributed by atoms with Crippen molar-refractivity contribution in [3.05, 3.63) is 11.8 Å². The quantitative estimate of drug-likeness (QED) is 0.735. The molecule has 0 aromatic heterocycles. The first-order valence-electron chi connectivity index (χ1n) is 5.78. The van der Waals surface area contributed by atoms with Gasteiger partial charge in [-0.25, -0.2) is 0 Å². The molecule has 14 heavy (non-hydrogen) atoms. The Morgan fingerprint density at radius 3 is 3.00 bits per heavy atom. The minimum Gasteiger partial charge on any atom is -0.495 e. The standard InChI is InChI=1S/C12H20O2/c1-9-4-2-5-10(8-9)12(13)11-6-3-7-14-11/h6,9-10,12-13H,2-5,7-8H2,1H3. The van der Waals surface area contributed by atoms with Crippen molar-refractivity contribution in [1.82, 2.24) is 0 Å². The van der Waals surface area contributed by atoms with Gasteiger partial charge in [-0.05, 0) is 30.8 Å². The summed E-state index contributed by atoms with van der Waals surface area (Å²) in [7, 11) is 0. The number of aliphatic hydroxyl groups excluding tert-OH is 1. The molecule has 2 aliphatic rings. The van der Waals surface area contributed by atoms with Crippen molar-refractivity contribution in [3.63, 3.8) is 0 Å². The average Bonchev–Trinajstić information content (AvgIpc) is 2.69. The van der Waals surface area contributed by atoms with Gasteiger partial charge in [0.1, 0.15) is 11.9 Å². The Morgan fingerprint density at radius 1 is 1.50 bits per heavy atom. The Balaban J connectivity index is 1.92. The second kappa shape index (κ2) is 4.35. The van der Waals surface area contributed by atoms with Gasteiger partial charge in [0, 0.05) is 6.42 Å². The van der Waals surface area contributed by atoms with Gasteiger partial charge in [-0.2, -0.15) is 0 Å². The van der Waals surface area contributed by atoms with Crippen LogP contribution in [0.4, 0.5) is 0 Å². The molecule has 3 atom stereocenters. The molecule has 1 fully saturated rings. The molecular weight excluding hydrogens is 176 g/mol. The number of hydrogen-bond donors (Lipinski definition) is 1. The lowest BCUT2D eigenvalue weighted by Crippen LogP contribution is -2.27. The molecule has 3 unspecified atom stereocenters. The number of hydrogen-bond acceptors (Lipinski definition) is 2. The van der Waals surface area contributed by atoms with Crippen LogP contribution in [0.25, 0.3) is 0 Å². The average molecular weight is 196 g/mol. The SMILES string of the molecule is CC1CCCC(C(O)C2=CCCO2)C1. The highest BCUT2D eigenvalue weighted by Crippen LogP contribution is 2.34. The van der Waals surface area contributed by atoms with Crippen LogP contribution in [0.3, 0.4) is 0 Å². The first-order chi connectivity index (χ1) is 6.77. The second-order valence-electron chi connectivity index (χ2n) is 4.72. The monoisotopic (exact) mass is 196 g/mol. The maximum atomic E-state index is 10.1. The van der Waals surface area contributed by atoms with Crippen LogP contribution in [-0.4, -0.2) is 17.8 Å². The molecule has 2 nitrogen and oxygen atoms in total. The Kier molecular flexibility index (Phi) is 3.12. The smallest absolute Gasteiger partial charge is 0.121 e. The van der Waals surface area contributed by atoms with E-state index in [9.17, 15) is 5.11 Å². The molecule has 1 N–H and O–H groups in total. The highest BCUT2D eigenvalue weighted by Gasteiger charge is 2.29. The molecule has 1 aliphatic carbocycles. The highest BCUT2D eigenvalue weighted by atomic mass is 16.5. The van der Waals surface area contributed by atoms with E-state index in [0.717, 1.165) is 37.5 Å². The summed E-state index contributed by atoms with van der Waals surface area (Å²) in [5.41, 5.74) is 0. The predicted octanol–water partition coefficient (Wildman–Crippen LogP) is 2.48. The molecule has 1 heterocycles. The molecule has 0 aromatic carbocycles. The predicted molar refractivity (Wildman–Crippen MR) is 55.8 cm³/mol. The van der Waals surface area contributed by atoms with Crippen molar-refractivity contribution in [2.75, 3.05) is 6.61 Å². The van der Waals surface area contributed by atoms with Crippen LogP contribution < -0.4 is 0 Å². The van der Waals surface area contributed by atoms with Crippen LogP contribution in [0, 0.1) is 11.8 Å². The Hall–Kier alpha value is -0.500. The summed E-state index contributed by atoms with van der Waals surface area (Å²) in [6.45, 7) is 3.04. The number of rotatable bonds is 2. The molecule has 1 saturated carbocycles. The van der Waals surface area contributed by atoms with Crippen molar-refractivity contribution in [3.8, 4) is 0 Å². The summed E-state index contributed by atoms with van der Waals surface area (Å²) in [6.07, 6.45) is 7.58. The zero-order chi connectivity index (χ0) is 9.97. The molecule has 0 aromatic rings. The van der Waals surface area contributed by atoms with Gasteiger partial charge in [-0.15, -0.1) is 0 Å². The fourth-order valence-corrected chi connectivity index (χ4v) is 2.64. The summed E-state index contributed by atoms with van der Waals surface area (Å²) < 4.78 is 5.41. The van der Waals surface area contributed by atoms with E-state index >= 15 is 0 Å². The Bertz CT molecular complexity index is 222. The van der Waals surface area contributed by atoms with E-state index in [1.165, 1.54) is 12.8 Å². The van der Waals surface area contributed by atoms with Crippen LogP contribution >= 0.6 is 0 Å². The maximum absolute atomic E-state index is 10.1. The summed E-state index contributed by atoms with van der Waals surface area (Å²) in [4.78, 5) is 0. The van der Waals surface area contributed by atoms with Gasteiger partial charge < -0.3 is 9.84 Å². The van der Waals surface area contributed by atoms with E-state index < -0.39 is 0 Å². The van der Waals surface area contributed by atoms with E-state index in [0.29, 0.717) is 5.92 Å². The van der Waals surface area contributed by atoms with E-state index in [1.807, 2.05) is 6.08 Å². The van der Waals surface area contributed by atoms with Gasteiger partial charge in [-0.3, -0.25) is 0 Å². The van der Waals surface area contributed by atoms with Crippen LogP contribution in [0.2, 0.25) is 0 Å². The third kappa shape index (κ3) is 2.11. The lowest BCUT2D eigenvalue weighted by molar-refractivity contribution is 0.0498. The lowest BCUT2D eigenvalue weighted by atomic mass is 9.79. The molecule has 0 saturated heterocycles. The van der Waals surface area contributed by atoms with Crippen LogP contribution in [0.15, 0.2) is 11.8 Å². The zero-order valence-electron chi connectivity index (χ0n) is 8.91. The van der Waals surface area contributed by atoms with Gasteiger partial charge in [0.15, 0.2) is 0 Å². The Morgan fingerprint density at radius 2 is 2.36 bits per heavy atom. The van der Waals surface area contributed by atoms with Crippen molar-refractivity contribution in [1.29, 1.82) is 0 Å².